The van der Waals surface area contributed by atoms with E-state index in [-0.39, 0.29) is 12.0 Å². The second kappa shape index (κ2) is 20.7. The highest BCUT2D eigenvalue weighted by Crippen LogP contribution is 2.13. The summed E-state index contributed by atoms with van der Waals surface area (Å²) in [4.78, 5) is 11.5. The Kier molecular flexibility index (Phi) is 20.3. The van der Waals surface area contributed by atoms with Gasteiger partial charge in [-0.25, -0.2) is 0 Å². The second-order valence-corrected chi connectivity index (χ2v) is 7.73. The van der Waals surface area contributed by atoms with Crippen LogP contribution >= 0.6 is 0 Å². The standard InChI is InChI=1S/C23H47NO2/c1-4-6-7-8-9-10-11-12-13-14-15-16-17-18-19-20-21-24-22(3)23(25)26-5-2/h22,24H,4-21H2,1-3H3. The van der Waals surface area contributed by atoms with Gasteiger partial charge in [0.1, 0.15) is 6.04 Å². The Balaban J connectivity index is 3.12. The van der Waals surface area contributed by atoms with E-state index < -0.39 is 0 Å². The summed E-state index contributed by atoms with van der Waals surface area (Å²) in [6.07, 6.45) is 22.2. The topological polar surface area (TPSA) is 38.3 Å². The number of hydrogen-bond donors (Lipinski definition) is 1. The fraction of sp³-hybridized carbons (Fsp3) is 0.957. The molecule has 1 atom stereocenters. The number of rotatable bonds is 20. The van der Waals surface area contributed by atoms with Crippen molar-refractivity contribution in [2.75, 3.05) is 13.2 Å². The summed E-state index contributed by atoms with van der Waals surface area (Å²) in [6.45, 7) is 7.39. The van der Waals surface area contributed by atoms with Crippen molar-refractivity contribution in [3.8, 4) is 0 Å². The highest BCUT2D eigenvalue weighted by molar-refractivity contribution is 5.75. The molecule has 0 rings (SSSR count). The van der Waals surface area contributed by atoms with Gasteiger partial charge in [0.2, 0.25) is 0 Å². The average molecular weight is 370 g/mol. The maximum absolute atomic E-state index is 11.5. The molecule has 0 radical (unpaired) electrons. The number of esters is 1. The van der Waals surface area contributed by atoms with Crippen molar-refractivity contribution in [2.24, 2.45) is 0 Å². The minimum Gasteiger partial charge on any atom is -0.465 e. The van der Waals surface area contributed by atoms with E-state index in [1.54, 1.807) is 0 Å². The molecular formula is C23H47NO2. The molecule has 1 unspecified atom stereocenters. The lowest BCUT2D eigenvalue weighted by molar-refractivity contribution is -0.145. The second-order valence-electron chi connectivity index (χ2n) is 7.73. The van der Waals surface area contributed by atoms with E-state index in [0.29, 0.717) is 6.61 Å². The van der Waals surface area contributed by atoms with Crippen molar-refractivity contribution in [3.63, 3.8) is 0 Å². The van der Waals surface area contributed by atoms with Gasteiger partial charge in [0.05, 0.1) is 6.61 Å². The van der Waals surface area contributed by atoms with Gasteiger partial charge in [0.25, 0.3) is 0 Å². The maximum atomic E-state index is 11.5. The Hall–Kier alpha value is -0.570. The highest BCUT2D eigenvalue weighted by atomic mass is 16.5. The SMILES string of the molecule is CCCCCCCCCCCCCCCCCCNC(C)C(=O)OCC. The van der Waals surface area contributed by atoms with Gasteiger partial charge < -0.3 is 10.1 Å². The average Bonchev–Trinajstić information content (AvgIpc) is 2.64. The number of carbonyl (C=O) groups excluding carboxylic acids is 1. The largest absolute Gasteiger partial charge is 0.465 e. The Labute approximate surface area is 164 Å². The fourth-order valence-electron chi connectivity index (χ4n) is 3.34. The highest BCUT2D eigenvalue weighted by Gasteiger charge is 2.11. The number of ether oxygens (including phenoxy) is 1. The lowest BCUT2D eigenvalue weighted by Crippen LogP contribution is -2.35. The molecule has 0 aliphatic rings. The van der Waals surface area contributed by atoms with Crippen molar-refractivity contribution in [2.45, 2.75) is 130 Å². The molecular weight excluding hydrogens is 322 g/mol. The van der Waals surface area contributed by atoms with Crippen LogP contribution in [0.1, 0.15) is 124 Å². The molecule has 0 aliphatic heterocycles. The number of hydrogen-bond acceptors (Lipinski definition) is 3. The van der Waals surface area contributed by atoms with E-state index in [9.17, 15) is 4.79 Å². The molecule has 0 aromatic carbocycles. The van der Waals surface area contributed by atoms with Crippen molar-refractivity contribution in [3.05, 3.63) is 0 Å². The lowest BCUT2D eigenvalue weighted by atomic mass is 10.0. The summed E-state index contributed by atoms with van der Waals surface area (Å²) in [5, 5.41) is 3.24. The maximum Gasteiger partial charge on any atom is 0.322 e. The van der Waals surface area contributed by atoms with Crippen LogP contribution in [0.25, 0.3) is 0 Å². The molecule has 0 fully saturated rings. The van der Waals surface area contributed by atoms with Crippen LogP contribution in [0.4, 0.5) is 0 Å². The van der Waals surface area contributed by atoms with Crippen LogP contribution < -0.4 is 5.32 Å². The zero-order valence-corrected chi connectivity index (χ0v) is 18.1. The number of unbranched alkanes of at least 4 members (excludes halogenated alkanes) is 15. The van der Waals surface area contributed by atoms with E-state index in [2.05, 4.69) is 12.2 Å². The summed E-state index contributed by atoms with van der Waals surface area (Å²) in [6, 6.07) is -0.175. The van der Waals surface area contributed by atoms with Crippen molar-refractivity contribution in [1.82, 2.24) is 5.32 Å². The Bertz CT molecular complexity index is 294. The molecule has 1 N–H and O–H groups in total. The van der Waals surface area contributed by atoms with Crippen molar-refractivity contribution < 1.29 is 9.53 Å². The van der Waals surface area contributed by atoms with Crippen LogP contribution in [0.15, 0.2) is 0 Å². The summed E-state index contributed by atoms with van der Waals surface area (Å²) < 4.78 is 4.99. The first kappa shape index (κ1) is 25.4. The van der Waals surface area contributed by atoms with Crippen LogP contribution in [0.5, 0.6) is 0 Å². The van der Waals surface area contributed by atoms with E-state index in [0.717, 1.165) is 13.0 Å². The minimum absolute atomic E-state index is 0.135. The van der Waals surface area contributed by atoms with Gasteiger partial charge in [-0.3, -0.25) is 4.79 Å². The number of carbonyl (C=O) groups is 1. The Morgan fingerprint density at radius 1 is 0.692 bits per heavy atom. The van der Waals surface area contributed by atoms with Crippen LogP contribution in [0, 0.1) is 0 Å². The first-order valence-electron chi connectivity index (χ1n) is 11.6. The molecule has 0 amide bonds. The van der Waals surface area contributed by atoms with Gasteiger partial charge in [-0.15, -0.1) is 0 Å². The van der Waals surface area contributed by atoms with Crippen LogP contribution in [0.3, 0.4) is 0 Å². The molecule has 156 valence electrons. The molecule has 0 saturated heterocycles. The van der Waals surface area contributed by atoms with Gasteiger partial charge in [-0.05, 0) is 26.8 Å². The molecule has 0 heterocycles. The van der Waals surface area contributed by atoms with Crippen molar-refractivity contribution in [1.29, 1.82) is 0 Å². The van der Waals surface area contributed by atoms with Crippen LogP contribution in [0.2, 0.25) is 0 Å². The quantitative estimate of drug-likeness (QED) is 0.190. The molecule has 0 saturated carbocycles. The monoisotopic (exact) mass is 369 g/mol. The van der Waals surface area contributed by atoms with Crippen molar-refractivity contribution >= 4 is 5.97 Å². The first-order chi connectivity index (χ1) is 12.7. The lowest BCUT2D eigenvalue weighted by Gasteiger charge is -2.12. The van der Waals surface area contributed by atoms with Crippen LogP contribution in [-0.2, 0) is 9.53 Å². The summed E-state index contributed by atoms with van der Waals surface area (Å²) in [7, 11) is 0. The third-order valence-corrected chi connectivity index (χ3v) is 5.12. The van der Waals surface area contributed by atoms with Gasteiger partial charge in [0.15, 0.2) is 0 Å². The molecule has 3 nitrogen and oxygen atoms in total. The Morgan fingerprint density at radius 2 is 1.08 bits per heavy atom. The number of nitrogens with one attached hydrogen (secondary N) is 1. The van der Waals surface area contributed by atoms with Crippen LogP contribution in [-0.4, -0.2) is 25.2 Å². The van der Waals surface area contributed by atoms with E-state index in [4.69, 9.17) is 4.74 Å². The van der Waals surface area contributed by atoms with Gasteiger partial charge >= 0.3 is 5.97 Å². The van der Waals surface area contributed by atoms with Gasteiger partial charge in [-0.2, -0.15) is 0 Å². The normalized spacial score (nSPS) is 12.3. The summed E-state index contributed by atoms with van der Waals surface area (Å²) >= 11 is 0. The van der Waals surface area contributed by atoms with E-state index in [1.165, 1.54) is 96.3 Å². The third-order valence-electron chi connectivity index (χ3n) is 5.12. The smallest absolute Gasteiger partial charge is 0.322 e. The minimum atomic E-state index is -0.175. The zero-order chi connectivity index (χ0) is 19.3. The summed E-state index contributed by atoms with van der Waals surface area (Å²) in [5.74, 6) is -0.135. The molecule has 0 spiro atoms. The molecule has 26 heavy (non-hydrogen) atoms. The van der Waals surface area contributed by atoms with E-state index >= 15 is 0 Å². The predicted octanol–water partition coefficient (Wildman–Crippen LogP) is 6.79. The Morgan fingerprint density at radius 3 is 1.46 bits per heavy atom. The van der Waals surface area contributed by atoms with E-state index in [1.807, 2.05) is 13.8 Å². The fourth-order valence-corrected chi connectivity index (χ4v) is 3.34. The molecule has 0 aromatic heterocycles. The third kappa shape index (κ3) is 18.2. The summed E-state index contributed by atoms with van der Waals surface area (Å²) in [5.41, 5.74) is 0. The molecule has 0 bridgehead atoms. The van der Waals surface area contributed by atoms with Gasteiger partial charge in [0, 0.05) is 0 Å². The van der Waals surface area contributed by atoms with Gasteiger partial charge in [-0.1, -0.05) is 103 Å². The first-order valence-corrected chi connectivity index (χ1v) is 11.6. The zero-order valence-electron chi connectivity index (χ0n) is 18.1. The molecule has 0 aliphatic carbocycles. The molecule has 3 heteroatoms. The predicted molar refractivity (Wildman–Crippen MR) is 114 cm³/mol. The molecule has 0 aromatic rings.